The maximum absolute atomic E-state index is 12.0. The largest absolute Gasteiger partial charge is 0.481 e. The van der Waals surface area contributed by atoms with Gasteiger partial charge in [-0.1, -0.05) is 18.2 Å². The van der Waals surface area contributed by atoms with Gasteiger partial charge in [-0.2, -0.15) is 0 Å². The van der Waals surface area contributed by atoms with Crippen LogP contribution in [0.5, 0.6) is 5.75 Å². The fourth-order valence-electron chi connectivity index (χ4n) is 3.19. The van der Waals surface area contributed by atoms with E-state index in [2.05, 4.69) is 5.32 Å². The third-order valence-electron chi connectivity index (χ3n) is 4.64. The maximum Gasteiger partial charge on any atom is 0.344 e. The standard InChI is InChI=1S/C22H24N2O5/c1-15-5-3-6-16(2)22(15)29-14-21(27)28-13-19(25)23-17-8-10-18(11-9-17)24-12-4-7-20(24)26/h3,5-6,8-11H,4,7,12-14H2,1-2H3,(H,23,25). The Morgan fingerprint density at radius 1 is 1.03 bits per heavy atom. The van der Waals surface area contributed by atoms with E-state index in [1.165, 1.54) is 0 Å². The molecule has 0 bridgehead atoms. The van der Waals surface area contributed by atoms with Crippen LogP contribution in [0.25, 0.3) is 0 Å². The van der Waals surface area contributed by atoms with Crippen LogP contribution in [-0.2, 0) is 19.1 Å². The zero-order chi connectivity index (χ0) is 20.8. The topological polar surface area (TPSA) is 84.9 Å². The number of benzene rings is 2. The monoisotopic (exact) mass is 396 g/mol. The lowest BCUT2D eigenvalue weighted by Crippen LogP contribution is -2.24. The fourth-order valence-corrected chi connectivity index (χ4v) is 3.19. The predicted octanol–water partition coefficient (Wildman–Crippen LogP) is 2.99. The molecule has 1 aliphatic rings. The quantitative estimate of drug-likeness (QED) is 0.728. The van der Waals surface area contributed by atoms with E-state index in [0.29, 0.717) is 24.4 Å². The molecule has 7 heteroatoms. The second-order valence-corrected chi connectivity index (χ2v) is 6.91. The van der Waals surface area contributed by atoms with Gasteiger partial charge in [-0.25, -0.2) is 4.79 Å². The van der Waals surface area contributed by atoms with Crippen LogP contribution in [0.1, 0.15) is 24.0 Å². The highest BCUT2D eigenvalue weighted by molar-refractivity contribution is 5.96. The summed E-state index contributed by atoms with van der Waals surface area (Å²) in [6.07, 6.45) is 1.42. The lowest BCUT2D eigenvalue weighted by molar-refractivity contribution is -0.149. The minimum absolute atomic E-state index is 0.108. The molecule has 0 aromatic heterocycles. The molecule has 0 atom stereocenters. The van der Waals surface area contributed by atoms with E-state index in [4.69, 9.17) is 9.47 Å². The lowest BCUT2D eigenvalue weighted by atomic mass is 10.1. The minimum atomic E-state index is -0.620. The maximum atomic E-state index is 12.0. The van der Waals surface area contributed by atoms with Gasteiger partial charge in [0, 0.05) is 24.3 Å². The Bertz CT molecular complexity index is 888. The molecule has 7 nitrogen and oxygen atoms in total. The second kappa shape index (κ2) is 9.23. The molecular formula is C22H24N2O5. The van der Waals surface area contributed by atoms with E-state index in [0.717, 1.165) is 23.2 Å². The number of carbonyl (C=O) groups is 3. The number of anilines is 2. The first kappa shape index (κ1) is 20.4. The SMILES string of the molecule is Cc1cccc(C)c1OCC(=O)OCC(=O)Nc1ccc(N2CCCC2=O)cc1. The van der Waals surface area contributed by atoms with Gasteiger partial charge < -0.3 is 19.7 Å². The first-order valence-electron chi connectivity index (χ1n) is 9.49. The molecule has 2 aromatic rings. The number of carbonyl (C=O) groups excluding carboxylic acids is 3. The Balaban J connectivity index is 1.43. The van der Waals surface area contributed by atoms with Crippen molar-refractivity contribution in [2.45, 2.75) is 26.7 Å². The van der Waals surface area contributed by atoms with E-state index >= 15 is 0 Å². The molecule has 1 aliphatic heterocycles. The van der Waals surface area contributed by atoms with Gasteiger partial charge in [0.1, 0.15) is 5.75 Å². The van der Waals surface area contributed by atoms with Gasteiger partial charge in [0.25, 0.3) is 5.91 Å². The molecule has 1 saturated heterocycles. The van der Waals surface area contributed by atoms with Crippen molar-refractivity contribution in [1.29, 1.82) is 0 Å². The number of amides is 2. The Hall–Kier alpha value is -3.35. The number of aryl methyl sites for hydroxylation is 2. The molecule has 0 unspecified atom stereocenters. The van der Waals surface area contributed by atoms with Crippen LogP contribution in [0, 0.1) is 13.8 Å². The fraction of sp³-hybridized carbons (Fsp3) is 0.318. The van der Waals surface area contributed by atoms with Gasteiger partial charge in [0.05, 0.1) is 0 Å². The highest BCUT2D eigenvalue weighted by Crippen LogP contribution is 2.23. The van der Waals surface area contributed by atoms with Gasteiger partial charge in [-0.15, -0.1) is 0 Å². The molecular weight excluding hydrogens is 372 g/mol. The van der Waals surface area contributed by atoms with E-state index < -0.39 is 18.5 Å². The van der Waals surface area contributed by atoms with Crippen molar-refractivity contribution in [3.05, 3.63) is 53.6 Å². The van der Waals surface area contributed by atoms with E-state index in [1.807, 2.05) is 32.0 Å². The lowest BCUT2D eigenvalue weighted by Gasteiger charge is -2.16. The number of nitrogens with one attached hydrogen (secondary N) is 1. The van der Waals surface area contributed by atoms with Crippen LogP contribution >= 0.6 is 0 Å². The summed E-state index contributed by atoms with van der Waals surface area (Å²) >= 11 is 0. The van der Waals surface area contributed by atoms with Crippen molar-refractivity contribution in [2.24, 2.45) is 0 Å². The van der Waals surface area contributed by atoms with Gasteiger partial charge in [-0.05, 0) is 55.7 Å². The first-order valence-corrected chi connectivity index (χ1v) is 9.49. The summed E-state index contributed by atoms with van der Waals surface area (Å²) in [7, 11) is 0. The average Bonchev–Trinajstić information content (AvgIpc) is 3.12. The van der Waals surface area contributed by atoms with Crippen LogP contribution in [0.2, 0.25) is 0 Å². The van der Waals surface area contributed by atoms with Crippen molar-refractivity contribution in [2.75, 3.05) is 30.0 Å². The third kappa shape index (κ3) is 5.34. The smallest absolute Gasteiger partial charge is 0.344 e. The Morgan fingerprint density at radius 2 is 1.72 bits per heavy atom. The zero-order valence-corrected chi connectivity index (χ0v) is 16.6. The van der Waals surface area contributed by atoms with Crippen molar-refractivity contribution < 1.29 is 23.9 Å². The van der Waals surface area contributed by atoms with Crippen LogP contribution in [0.15, 0.2) is 42.5 Å². The highest BCUT2D eigenvalue weighted by Gasteiger charge is 2.21. The summed E-state index contributed by atoms with van der Waals surface area (Å²) in [4.78, 5) is 37.3. The molecule has 0 aliphatic carbocycles. The molecule has 152 valence electrons. The van der Waals surface area contributed by atoms with Gasteiger partial charge in [0.2, 0.25) is 5.91 Å². The molecule has 3 rings (SSSR count). The molecule has 0 spiro atoms. The third-order valence-corrected chi connectivity index (χ3v) is 4.64. The molecule has 2 amide bonds. The van der Waals surface area contributed by atoms with Crippen molar-refractivity contribution in [3.8, 4) is 5.75 Å². The summed E-state index contributed by atoms with van der Waals surface area (Å²) < 4.78 is 10.5. The molecule has 2 aromatic carbocycles. The minimum Gasteiger partial charge on any atom is -0.481 e. The normalized spacial score (nSPS) is 13.3. The van der Waals surface area contributed by atoms with E-state index in [-0.39, 0.29) is 12.5 Å². The number of rotatable bonds is 7. The number of hydrogen-bond acceptors (Lipinski definition) is 5. The average molecular weight is 396 g/mol. The van der Waals surface area contributed by atoms with Crippen LogP contribution in [-0.4, -0.2) is 37.5 Å². The Kier molecular flexibility index (Phi) is 6.49. The number of nitrogens with zero attached hydrogens (tertiary/aromatic N) is 1. The van der Waals surface area contributed by atoms with E-state index in [1.54, 1.807) is 29.2 Å². The summed E-state index contributed by atoms with van der Waals surface area (Å²) in [6, 6.07) is 12.7. The highest BCUT2D eigenvalue weighted by atomic mass is 16.6. The number of ether oxygens (including phenoxy) is 2. The van der Waals surface area contributed by atoms with Gasteiger partial charge >= 0.3 is 5.97 Å². The van der Waals surface area contributed by atoms with Crippen LogP contribution in [0.4, 0.5) is 11.4 Å². The summed E-state index contributed by atoms with van der Waals surface area (Å²) in [5, 5.41) is 2.66. The van der Waals surface area contributed by atoms with Gasteiger partial charge in [-0.3, -0.25) is 9.59 Å². The molecule has 29 heavy (non-hydrogen) atoms. The van der Waals surface area contributed by atoms with Gasteiger partial charge in [0.15, 0.2) is 13.2 Å². The van der Waals surface area contributed by atoms with E-state index in [9.17, 15) is 14.4 Å². The van der Waals surface area contributed by atoms with Crippen molar-refractivity contribution >= 4 is 29.2 Å². The van der Waals surface area contributed by atoms with Crippen molar-refractivity contribution in [1.82, 2.24) is 0 Å². The first-order chi connectivity index (χ1) is 13.9. The zero-order valence-electron chi connectivity index (χ0n) is 16.6. The number of hydrogen-bond donors (Lipinski definition) is 1. The molecule has 0 radical (unpaired) electrons. The van der Waals surface area contributed by atoms with Crippen LogP contribution < -0.4 is 15.0 Å². The Labute approximate surface area is 169 Å². The molecule has 1 N–H and O–H groups in total. The van der Waals surface area contributed by atoms with Crippen LogP contribution in [0.3, 0.4) is 0 Å². The summed E-state index contributed by atoms with van der Waals surface area (Å²) in [5.41, 5.74) is 3.22. The molecule has 1 heterocycles. The number of esters is 1. The Morgan fingerprint density at radius 3 is 2.34 bits per heavy atom. The number of para-hydroxylation sites is 1. The van der Waals surface area contributed by atoms with Crippen molar-refractivity contribution in [3.63, 3.8) is 0 Å². The molecule has 0 saturated carbocycles. The summed E-state index contributed by atoms with van der Waals surface area (Å²) in [5.74, 6) is -0.316. The summed E-state index contributed by atoms with van der Waals surface area (Å²) in [6.45, 7) is 3.83. The predicted molar refractivity (Wildman–Crippen MR) is 109 cm³/mol. The molecule has 1 fully saturated rings. The second-order valence-electron chi connectivity index (χ2n) is 6.91.